The van der Waals surface area contributed by atoms with Crippen LogP contribution >= 0.6 is 23.4 Å². The molecule has 1 aromatic heterocycles. The van der Waals surface area contributed by atoms with Gasteiger partial charge < -0.3 is 5.32 Å². The summed E-state index contributed by atoms with van der Waals surface area (Å²) in [5.74, 6) is -0.450. The van der Waals surface area contributed by atoms with Gasteiger partial charge in [0.05, 0.1) is 16.3 Å². The maximum Gasteiger partial charge on any atom is 0.416 e. The molecule has 0 spiro atoms. The van der Waals surface area contributed by atoms with Crippen LogP contribution in [0.5, 0.6) is 0 Å². The first kappa shape index (κ1) is 23.9. The zero-order chi connectivity index (χ0) is 24.5. The summed E-state index contributed by atoms with van der Waals surface area (Å²) in [6.07, 6.45) is -0.843. The molecule has 4 rings (SSSR count). The fraction of sp³-hybridized carbons (Fsp3) is 0.120. The number of hydrogen-bond donors (Lipinski definition) is 1. The number of benzene rings is 3. The van der Waals surface area contributed by atoms with Crippen molar-refractivity contribution in [3.05, 3.63) is 89.1 Å². The lowest BCUT2D eigenvalue weighted by Gasteiger charge is -2.14. The van der Waals surface area contributed by atoms with E-state index in [1.54, 1.807) is 66.5 Å². The van der Waals surface area contributed by atoms with Gasteiger partial charge >= 0.3 is 6.18 Å². The minimum Gasteiger partial charge on any atom is -0.322 e. The standard InChI is InChI=1S/C25H19ClF3N3OS/c1-32-11-10-23(31-32)21-13-17(6-9-22(21)26)30-24(33)19-8-7-18(34-2)14-20(19)15-4-3-5-16(12-15)25(27,28)29/h3-14H,1-2H3,(H,30,33). The average molecular weight is 502 g/mol. The molecule has 4 nitrogen and oxygen atoms in total. The second-order valence-corrected chi connectivity index (χ2v) is 8.80. The molecule has 1 N–H and O–H groups in total. The maximum atomic E-state index is 13.3. The lowest BCUT2D eigenvalue weighted by molar-refractivity contribution is -0.137. The van der Waals surface area contributed by atoms with Crippen LogP contribution in [-0.4, -0.2) is 21.9 Å². The molecule has 0 bridgehead atoms. The molecule has 0 saturated heterocycles. The third-order valence-corrected chi connectivity index (χ3v) is 6.24. The van der Waals surface area contributed by atoms with Gasteiger partial charge in [0, 0.05) is 35.0 Å². The van der Waals surface area contributed by atoms with E-state index >= 15 is 0 Å². The molecule has 0 unspecified atom stereocenters. The highest BCUT2D eigenvalue weighted by atomic mass is 35.5. The van der Waals surface area contributed by atoms with Gasteiger partial charge in [-0.05, 0) is 72.0 Å². The van der Waals surface area contributed by atoms with Crippen molar-refractivity contribution < 1.29 is 18.0 Å². The van der Waals surface area contributed by atoms with E-state index < -0.39 is 17.6 Å². The van der Waals surface area contributed by atoms with E-state index in [9.17, 15) is 18.0 Å². The zero-order valence-corrected chi connectivity index (χ0v) is 19.7. The van der Waals surface area contributed by atoms with E-state index in [1.807, 2.05) is 6.26 Å². The van der Waals surface area contributed by atoms with Crippen molar-refractivity contribution >= 4 is 35.0 Å². The van der Waals surface area contributed by atoms with Gasteiger partial charge in [0.25, 0.3) is 5.91 Å². The van der Waals surface area contributed by atoms with Gasteiger partial charge in [-0.25, -0.2) is 0 Å². The Balaban J connectivity index is 1.71. The summed E-state index contributed by atoms with van der Waals surface area (Å²) in [4.78, 5) is 14.1. The molecule has 0 fully saturated rings. The number of alkyl halides is 3. The van der Waals surface area contributed by atoms with E-state index in [1.165, 1.54) is 17.8 Å². The van der Waals surface area contributed by atoms with Gasteiger partial charge in [0.15, 0.2) is 0 Å². The number of halogens is 4. The largest absolute Gasteiger partial charge is 0.416 e. The number of nitrogens with zero attached hydrogens (tertiary/aromatic N) is 2. The Bertz CT molecular complexity index is 1370. The van der Waals surface area contributed by atoms with E-state index in [-0.39, 0.29) is 5.56 Å². The topological polar surface area (TPSA) is 46.9 Å². The lowest BCUT2D eigenvalue weighted by Crippen LogP contribution is -2.13. The number of carbonyl (C=O) groups is 1. The molecule has 0 aliphatic heterocycles. The van der Waals surface area contributed by atoms with Gasteiger partial charge in [-0.15, -0.1) is 11.8 Å². The van der Waals surface area contributed by atoms with Crippen LogP contribution in [0.15, 0.2) is 77.8 Å². The number of carbonyl (C=O) groups excluding carboxylic acids is 1. The molecule has 34 heavy (non-hydrogen) atoms. The van der Waals surface area contributed by atoms with Crippen molar-refractivity contribution in [2.45, 2.75) is 11.1 Å². The first-order valence-electron chi connectivity index (χ1n) is 10.1. The van der Waals surface area contributed by atoms with E-state index in [0.29, 0.717) is 33.1 Å². The van der Waals surface area contributed by atoms with Gasteiger partial charge in [0.2, 0.25) is 0 Å². The lowest BCUT2D eigenvalue weighted by atomic mass is 9.97. The number of nitrogens with one attached hydrogen (secondary N) is 1. The fourth-order valence-electron chi connectivity index (χ4n) is 3.51. The molecule has 0 aliphatic carbocycles. The number of hydrogen-bond acceptors (Lipinski definition) is 3. The third kappa shape index (κ3) is 5.13. The van der Waals surface area contributed by atoms with Crippen molar-refractivity contribution in [1.29, 1.82) is 0 Å². The van der Waals surface area contributed by atoms with Crippen LogP contribution in [0.4, 0.5) is 18.9 Å². The third-order valence-electron chi connectivity index (χ3n) is 5.19. The van der Waals surface area contributed by atoms with Crippen LogP contribution in [0.1, 0.15) is 15.9 Å². The van der Waals surface area contributed by atoms with Crippen LogP contribution in [0, 0.1) is 0 Å². The summed E-state index contributed by atoms with van der Waals surface area (Å²) in [6.45, 7) is 0. The zero-order valence-electron chi connectivity index (χ0n) is 18.2. The molecule has 0 atom stereocenters. The summed E-state index contributed by atoms with van der Waals surface area (Å²) < 4.78 is 41.5. The second kappa shape index (κ2) is 9.56. The van der Waals surface area contributed by atoms with E-state index in [2.05, 4.69) is 10.4 Å². The number of aromatic nitrogens is 2. The molecule has 0 radical (unpaired) electrons. The highest BCUT2D eigenvalue weighted by Gasteiger charge is 2.30. The van der Waals surface area contributed by atoms with Crippen molar-refractivity contribution in [2.75, 3.05) is 11.6 Å². The van der Waals surface area contributed by atoms with E-state index in [0.717, 1.165) is 17.0 Å². The number of thioether (sulfide) groups is 1. The highest BCUT2D eigenvalue weighted by molar-refractivity contribution is 7.98. The Morgan fingerprint density at radius 1 is 1.03 bits per heavy atom. The van der Waals surface area contributed by atoms with Crippen molar-refractivity contribution in [2.24, 2.45) is 7.05 Å². The molecular formula is C25H19ClF3N3OS. The second-order valence-electron chi connectivity index (χ2n) is 7.51. The fourth-order valence-corrected chi connectivity index (χ4v) is 4.16. The Hall–Kier alpha value is -3.23. The number of rotatable bonds is 5. The smallest absolute Gasteiger partial charge is 0.322 e. The van der Waals surface area contributed by atoms with Gasteiger partial charge in [-0.1, -0.05) is 23.7 Å². The Kier molecular flexibility index (Phi) is 6.72. The molecule has 0 aliphatic rings. The van der Waals surface area contributed by atoms with Crippen LogP contribution < -0.4 is 5.32 Å². The van der Waals surface area contributed by atoms with Crippen molar-refractivity contribution in [3.63, 3.8) is 0 Å². The van der Waals surface area contributed by atoms with Gasteiger partial charge in [0.1, 0.15) is 0 Å². The van der Waals surface area contributed by atoms with Crippen molar-refractivity contribution in [1.82, 2.24) is 9.78 Å². The Morgan fingerprint density at radius 2 is 1.82 bits per heavy atom. The SMILES string of the molecule is CSc1ccc(C(=O)Nc2ccc(Cl)c(-c3ccn(C)n3)c2)c(-c2cccc(C(F)(F)F)c2)c1. The summed E-state index contributed by atoms with van der Waals surface area (Å²) in [7, 11) is 1.79. The summed E-state index contributed by atoms with van der Waals surface area (Å²) >= 11 is 7.77. The van der Waals surface area contributed by atoms with Gasteiger partial charge in [-0.3, -0.25) is 9.48 Å². The molecule has 174 valence electrons. The first-order valence-corrected chi connectivity index (χ1v) is 11.7. The van der Waals surface area contributed by atoms with Crippen LogP contribution in [-0.2, 0) is 13.2 Å². The monoisotopic (exact) mass is 501 g/mol. The number of amides is 1. The predicted molar refractivity (Wildman–Crippen MR) is 130 cm³/mol. The summed E-state index contributed by atoms with van der Waals surface area (Å²) in [5.41, 5.74) is 1.98. The molecule has 1 heterocycles. The van der Waals surface area contributed by atoms with Crippen LogP contribution in [0.25, 0.3) is 22.4 Å². The molecular weight excluding hydrogens is 483 g/mol. The summed E-state index contributed by atoms with van der Waals surface area (Å²) in [6, 6.07) is 16.9. The molecule has 4 aromatic rings. The molecule has 3 aromatic carbocycles. The summed E-state index contributed by atoms with van der Waals surface area (Å²) in [5, 5.41) is 7.66. The van der Waals surface area contributed by atoms with Crippen LogP contribution in [0.2, 0.25) is 5.02 Å². The minimum atomic E-state index is -4.49. The van der Waals surface area contributed by atoms with E-state index in [4.69, 9.17) is 11.6 Å². The van der Waals surface area contributed by atoms with Crippen molar-refractivity contribution in [3.8, 4) is 22.4 Å². The average Bonchev–Trinajstić information content (AvgIpc) is 3.25. The van der Waals surface area contributed by atoms with Gasteiger partial charge in [-0.2, -0.15) is 18.3 Å². The maximum absolute atomic E-state index is 13.3. The first-order chi connectivity index (χ1) is 16.2. The number of anilines is 1. The Labute approximate surface area is 203 Å². The highest BCUT2D eigenvalue weighted by Crippen LogP contribution is 2.35. The molecule has 9 heteroatoms. The normalized spacial score (nSPS) is 11.5. The van der Waals surface area contributed by atoms with Crippen LogP contribution in [0.3, 0.4) is 0 Å². The minimum absolute atomic E-state index is 0.256. The Morgan fingerprint density at radius 3 is 2.50 bits per heavy atom. The molecule has 1 amide bonds. The number of aryl methyl sites for hydroxylation is 1. The molecule has 0 saturated carbocycles. The predicted octanol–water partition coefficient (Wildman–Crippen LogP) is 7.40. The quantitative estimate of drug-likeness (QED) is 0.290.